The van der Waals surface area contributed by atoms with E-state index in [0.717, 1.165) is 35.6 Å². The molecule has 1 aliphatic rings. The van der Waals surface area contributed by atoms with Gasteiger partial charge in [-0.15, -0.1) is 35.3 Å². The SMILES string of the molecule is CN=C(NCCCC1CCCC1)NCCc1nc(C(F)(F)F)cs1.I. The van der Waals surface area contributed by atoms with Crippen LogP contribution in [-0.2, 0) is 12.6 Å². The first kappa shape index (κ1) is 22.5. The lowest BCUT2D eigenvalue weighted by Crippen LogP contribution is -2.38. The molecule has 1 aromatic heterocycles. The first-order valence-electron chi connectivity index (χ1n) is 8.45. The minimum absolute atomic E-state index is 0. The fraction of sp³-hybridized carbons (Fsp3) is 0.750. The molecule has 0 aromatic carbocycles. The third-order valence-corrected chi connectivity index (χ3v) is 5.16. The Hall–Kier alpha value is -0.580. The Morgan fingerprint density at radius 2 is 1.96 bits per heavy atom. The molecule has 0 saturated heterocycles. The van der Waals surface area contributed by atoms with Gasteiger partial charge in [0, 0.05) is 31.9 Å². The molecule has 1 fully saturated rings. The van der Waals surface area contributed by atoms with Crippen LogP contribution in [0.25, 0.3) is 0 Å². The molecular formula is C16H26F3IN4S. The van der Waals surface area contributed by atoms with Gasteiger partial charge in [-0.25, -0.2) is 4.98 Å². The van der Waals surface area contributed by atoms with Crippen LogP contribution in [0.3, 0.4) is 0 Å². The second kappa shape index (κ2) is 11.2. The van der Waals surface area contributed by atoms with Crippen LogP contribution in [-0.4, -0.2) is 31.1 Å². The predicted octanol–water partition coefficient (Wildman–Crippen LogP) is 4.46. The highest BCUT2D eigenvalue weighted by molar-refractivity contribution is 14.0. The van der Waals surface area contributed by atoms with E-state index in [1.54, 1.807) is 7.05 Å². The largest absolute Gasteiger partial charge is 0.434 e. The van der Waals surface area contributed by atoms with E-state index in [0.29, 0.717) is 23.9 Å². The molecule has 2 N–H and O–H groups in total. The Morgan fingerprint density at radius 3 is 2.56 bits per heavy atom. The Balaban J connectivity index is 0.00000312. The molecule has 9 heteroatoms. The first-order chi connectivity index (χ1) is 11.5. The topological polar surface area (TPSA) is 49.3 Å². The number of halogens is 4. The van der Waals surface area contributed by atoms with Gasteiger partial charge in [-0.1, -0.05) is 25.7 Å². The summed E-state index contributed by atoms with van der Waals surface area (Å²) in [5, 5.41) is 7.91. The van der Waals surface area contributed by atoms with Crippen LogP contribution < -0.4 is 10.6 Å². The van der Waals surface area contributed by atoms with Gasteiger partial charge in [0.05, 0.1) is 5.01 Å². The van der Waals surface area contributed by atoms with Crippen LogP contribution in [0, 0.1) is 5.92 Å². The molecule has 0 atom stereocenters. The average Bonchev–Trinajstić information content (AvgIpc) is 3.20. The summed E-state index contributed by atoms with van der Waals surface area (Å²) >= 11 is 1.04. The molecule has 0 bridgehead atoms. The summed E-state index contributed by atoms with van der Waals surface area (Å²) in [6, 6.07) is 0. The van der Waals surface area contributed by atoms with Crippen LogP contribution in [0.2, 0.25) is 0 Å². The van der Waals surface area contributed by atoms with Crippen molar-refractivity contribution in [3.8, 4) is 0 Å². The lowest BCUT2D eigenvalue weighted by Gasteiger charge is -2.13. The number of aromatic nitrogens is 1. The monoisotopic (exact) mass is 490 g/mol. The molecule has 0 amide bonds. The zero-order valence-corrected chi connectivity index (χ0v) is 17.5. The minimum atomic E-state index is -4.36. The number of thiazole rings is 1. The summed E-state index contributed by atoms with van der Waals surface area (Å²) in [5.74, 6) is 1.57. The van der Waals surface area contributed by atoms with Crippen molar-refractivity contribution in [2.75, 3.05) is 20.1 Å². The van der Waals surface area contributed by atoms with E-state index in [-0.39, 0.29) is 24.0 Å². The fourth-order valence-electron chi connectivity index (χ4n) is 2.96. The van der Waals surface area contributed by atoms with Crippen LogP contribution in [0.5, 0.6) is 0 Å². The standard InChI is InChI=1S/C16H25F3N4S.HI/c1-20-15(21-9-4-7-12-5-2-3-6-12)22-10-8-14-23-13(11-24-14)16(17,18)19;/h11-12H,2-10H2,1H3,(H2,20,21,22);1H. The maximum absolute atomic E-state index is 12.5. The minimum Gasteiger partial charge on any atom is -0.356 e. The number of nitrogens with zero attached hydrogens (tertiary/aromatic N) is 2. The van der Waals surface area contributed by atoms with Gasteiger partial charge >= 0.3 is 6.18 Å². The Morgan fingerprint density at radius 1 is 1.28 bits per heavy atom. The van der Waals surface area contributed by atoms with E-state index in [1.165, 1.54) is 32.1 Å². The van der Waals surface area contributed by atoms with Crippen LogP contribution in [0.4, 0.5) is 13.2 Å². The van der Waals surface area contributed by atoms with Gasteiger partial charge in [0.25, 0.3) is 0 Å². The van der Waals surface area contributed by atoms with E-state index in [1.807, 2.05) is 0 Å². The summed E-state index contributed by atoms with van der Waals surface area (Å²) in [6.45, 7) is 1.37. The van der Waals surface area contributed by atoms with E-state index >= 15 is 0 Å². The van der Waals surface area contributed by atoms with Crippen molar-refractivity contribution in [2.24, 2.45) is 10.9 Å². The molecule has 1 aromatic rings. The van der Waals surface area contributed by atoms with Gasteiger partial charge in [-0.05, 0) is 18.8 Å². The smallest absolute Gasteiger partial charge is 0.356 e. The highest BCUT2D eigenvalue weighted by atomic mass is 127. The molecule has 1 aliphatic carbocycles. The molecule has 25 heavy (non-hydrogen) atoms. The van der Waals surface area contributed by atoms with Gasteiger partial charge in [-0.3, -0.25) is 4.99 Å². The first-order valence-corrected chi connectivity index (χ1v) is 9.33. The molecular weight excluding hydrogens is 464 g/mol. The lowest BCUT2D eigenvalue weighted by molar-refractivity contribution is -0.140. The molecule has 2 rings (SSSR count). The van der Waals surface area contributed by atoms with Crippen molar-refractivity contribution >= 4 is 41.3 Å². The maximum atomic E-state index is 12.5. The molecule has 1 saturated carbocycles. The van der Waals surface area contributed by atoms with Crippen molar-refractivity contribution in [3.63, 3.8) is 0 Å². The normalized spacial score (nSPS) is 15.9. The Labute approximate surface area is 168 Å². The third-order valence-electron chi connectivity index (χ3n) is 4.25. The molecule has 4 nitrogen and oxygen atoms in total. The predicted molar refractivity (Wildman–Crippen MR) is 107 cm³/mol. The van der Waals surface area contributed by atoms with E-state index in [9.17, 15) is 13.2 Å². The number of guanidine groups is 1. The number of aliphatic imine (C=N–C) groups is 1. The second-order valence-corrected chi connectivity index (χ2v) is 7.04. The Bertz CT molecular complexity index is 528. The third kappa shape index (κ3) is 8.10. The molecule has 144 valence electrons. The lowest BCUT2D eigenvalue weighted by atomic mass is 10.0. The highest BCUT2D eigenvalue weighted by Crippen LogP contribution is 2.30. The molecule has 0 unspecified atom stereocenters. The highest BCUT2D eigenvalue weighted by Gasteiger charge is 2.33. The van der Waals surface area contributed by atoms with E-state index in [4.69, 9.17) is 0 Å². The van der Waals surface area contributed by atoms with Crippen molar-refractivity contribution in [1.82, 2.24) is 15.6 Å². The fourth-order valence-corrected chi connectivity index (χ4v) is 3.77. The van der Waals surface area contributed by atoms with Crippen LogP contribution in [0.15, 0.2) is 10.4 Å². The number of nitrogens with one attached hydrogen (secondary N) is 2. The second-order valence-electron chi connectivity index (χ2n) is 6.09. The van der Waals surface area contributed by atoms with Gasteiger partial charge in [0.1, 0.15) is 0 Å². The summed E-state index contributed by atoms with van der Waals surface area (Å²) in [4.78, 5) is 7.75. The van der Waals surface area contributed by atoms with E-state index in [2.05, 4.69) is 20.6 Å². The van der Waals surface area contributed by atoms with Crippen molar-refractivity contribution < 1.29 is 13.2 Å². The Kier molecular flexibility index (Phi) is 10.1. The number of hydrogen-bond donors (Lipinski definition) is 2. The quantitative estimate of drug-likeness (QED) is 0.257. The summed E-state index contributed by atoms with van der Waals surface area (Å²) < 4.78 is 37.5. The van der Waals surface area contributed by atoms with Gasteiger partial charge in [0.15, 0.2) is 11.7 Å². The number of hydrogen-bond acceptors (Lipinski definition) is 3. The van der Waals surface area contributed by atoms with Gasteiger partial charge in [0.2, 0.25) is 0 Å². The summed E-state index contributed by atoms with van der Waals surface area (Å²) in [5.41, 5.74) is -0.808. The van der Waals surface area contributed by atoms with Crippen LogP contribution in [0.1, 0.15) is 49.2 Å². The van der Waals surface area contributed by atoms with E-state index < -0.39 is 11.9 Å². The summed E-state index contributed by atoms with van der Waals surface area (Å²) in [6.07, 6.45) is 3.92. The van der Waals surface area contributed by atoms with Crippen LogP contribution >= 0.6 is 35.3 Å². The molecule has 0 spiro atoms. The van der Waals surface area contributed by atoms with Gasteiger partial charge < -0.3 is 10.6 Å². The zero-order chi connectivity index (χ0) is 17.4. The molecule has 0 aliphatic heterocycles. The van der Waals surface area contributed by atoms with Crippen molar-refractivity contribution in [1.29, 1.82) is 0 Å². The zero-order valence-electron chi connectivity index (χ0n) is 14.4. The summed E-state index contributed by atoms with van der Waals surface area (Å²) in [7, 11) is 1.69. The molecule has 0 radical (unpaired) electrons. The number of alkyl halides is 3. The average molecular weight is 490 g/mol. The van der Waals surface area contributed by atoms with Gasteiger partial charge in [-0.2, -0.15) is 13.2 Å². The van der Waals surface area contributed by atoms with Crippen molar-refractivity contribution in [3.05, 3.63) is 16.1 Å². The van der Waals surface area contributed by atoms with Crippen molar-refractivity contribution in [2.45, 2.75) is 51.1 Å². The number of rotatable bonds is 7. The molecule has 1 heterocycles. The maximum Gasteiger partial charge on any atom is 0.434 e.